The molecular weight excluding hydrogens is 194 g/mol. The van der Waals surface area contributed by atoms with Crippen molar-refractivity contribution in [2.24, 2.45) is 5.92 Å². The van der Waals surface area contributed by atoms with E-state index >= 15 is 0 Å². The zero-order valence-corrected chi connectivity index (χ0v) is 10.0. The molecule has 0 aromatic heterocycles. The minimum absolute atomic E-state index is 0.525. The zero-order chi connectivity index (χ0) is 11.0. The van der Waals surface area contributed by atoms with Crippen molar-refractivity contribution in [3.8, 4) is 6.07 Å². The fraction of sp³-hybridized carbons (Fsp3) is 0.800. The van der Waals surface area contributed by atoms with Crippen LogP contribution in [0.15, 0.2) is 0 Å². The highest BCUT2D eigenvalue weighted by Gasteiger charge is 2.06. The third-order valence-electron chi connectivity index (χ3n) is 1.82. The Morgan fingerprint density at radius 1 is 1.57 bits per heavy atom. The fourth-order valence-electron chi connectivity index (χ4n) is 0.991. The van der Waals surface area contributed by atoms with Crippen LogP contribution in [-0.4, -0.2) is 29.6 Å². The van der Waals surface area contributed by atoms with Crippen molar-refractivity contribution in [1.82, 2.24) is 10.2 Å². The van der Waals surface area contributed by atoms with E-state index in [4.69, 9.17) is 17.5 Å². The van der Waals surface area contributed by atoms with Gasteiger partial charge >= 0.3 is 0 Å². The zero-order valence-electron chi connectivity index (χ0n) is 9.21. The lowest BCUT2D eigenvalue weighted by Gasteiger charge is -2.23. The molecular formula is C10H19N3S. The Hall–Kier alpha value is -0.820. The van der Waals surface area contributed by atoms with Crippen molar-refractivity contribution in [2.75, 3.05) is 19.6 Å². The first-order valence-electron chi connectivity index (χ1n) is 5.01. The second kappa shape index (κ2) is 7.57. The number of hydrogen-bond donors (Lipinski definition) is 1. The van der Waals surface area contributed by atoms with Crippen LogP contribution in [0.1, 0.15) is 27.2 Å². The summed E-state index contributed by atoms with van der Waals surface area (Å²) in [5.41, 5.74) is 0. The maximum absolute atomic E-state index is 8.47. The van der Waals surface area contributed by atoms with Gasteiger partial charge in [-0.2, -0.15) is 5.26 Å². The molecule has 14 heavy (non-hydrogen) atoms. The first-order chi connectivity index (χ1) is 6.61. The first-order valence-corrected chi connectivity index (χ1v) is 5.42. The van der Waals surface area contributed by atoms with Gasteiger partial charge in [-0.15, -0.1) is 0 Å². The first kappa shape index (κ1) is 13.2. The summed E-state index contributed by atoms with van der Waals surface area (Å²) in [5, 5.41) is 12.4. The van der Waals surface area contributed by atoms with Gasteiger partial charge in [-0.3, -0.25) is 0 Å². The van der Waals surface area contributed by atoms with Crippen LogP contribution in [0.3, 0.4) is 0 Å². The summed E-state index contributed by atoms with van der Waals surface area (Å²) in [7, 11) is 0. The Morgan fingerprint density at radius 3 is 2.64 bits per heavy atom. The summed E-state index contributed by atoms with van der Waals surface area (Å²) >= 11 is 5.21. The molecule has 0 saturated carbocycles. The number of nitrogens with zero attached hydrogens (tertiary/aromatic N) is 2. The highest BCUT2D eigenvalue weighted by molar-refractivity contribution is 7.80. The van der Waals surface area contributed by atoms with Gasteiger partial charge in [0, 0.05) is 19.6 Å². The molecule has 0 aromatic rings. The third kappa shape index (κ3) is 5.76. The smallest absolute Gasteiger partial charge is 0.168 e. The largest absolute Gasteiger partial charge is 0.362 e. The quantitative estimate of drug-likeness (QED) is 0.706. The van der Waals surface area contributed by atoms with Gasteiger partial charge in [0.2, 0.25) is 0 Å². The third-order valence-corrected chi connectivity index (χ3v) is 2.23. The molecule has 0 aliphatic rings. The molecule has 0 aliphatic carbocycles. The van der Waals surface area contributed by atoms with E-state index in [2.05, 4.69) is 25.2 Å². The van der Waals surface area contributed by atoms with Gasteiger partial charge in [-0.25, -0.2) is 0 Å². The highest BCUT2D eigenvalue weighted by Crippen LogP contribution is 1.94. The van der Waals surface area contributed by atoms with E-state index in [1.807, 2.05) is 11.8 Å². The van der Waals surface area contributed by atoms with Crippen LogP contribution >= 0.6 is 12.2 Å². The average molecular weight is 213 g/mol. The maximum Gasteiger partial charge on any atom is 0.168 e. The van der Waals surface area contributed by atoms with Crippen LogP contribution in [0.4, 0.5) is 0 Å². The molecule has 4 heteroatoms. The van der Waals surface area contributed by atoms with E-state index in [0.717, 1.165) is 24.7 Å². The monoisotopic (exact) mass is 213 g/mol. The molecule has 0 fully saturated rings. The molecule has 0 aromatic carbocycles. The maximum atomic E-state index is 8.47. The summed E-state index contributed by atoms with van der Waals surface area (Å²) in [6.07, 6.45) is 0.525. The van der Waals surface area contributed by atoms with E-state index in [0.29, 0.717) is 12.3 Å². The average Bonchev–Trinajstić information content (AvgIpc) is 2.16. The molecule has 0 aliphatic heterocycles. The summed E-state index contributed by atoms with van der Waals surface area (Å²) < 4.78 is 0. The Balaban J connectivity index is 3.86. The molecule has 0 bridgehead atoms. The van der Waals surface area contributed by atoms with Gasteiger partial charge in [-0.1, -0.05) is 13.8 Å². The molecule has 0 rings (SSSR count). The number of nitrogens with one attached hydrogen (secondary N) is 1. The number of rotatable bonds is 5. The van der Waals surface area contributed by atoms with Crippen LogP contribution in [-0.2, 0) is 0 Å². The van der Waals surface area contributed by atoms with E-state index in [1.165, 1.54) is 0 Å². The van der Waals surface area contributed by atoms with Crippen molar-refractivity contribution < 1.29 is 0 Å². The molecule has 0 spiro atoms. The molecule has 80 valence electrons. The van der Waals surface area contributed by atoms with Crippen molar-refractivity contribution in [3.63, 3.8) is 0 Å². The number of nitriles is 1. The van der Waals surface area contributed by atoms with Crippen molar-refractivity contribution in [2.45, 2.75) is 27.2 Å². The summed E-state index contributed by atoms with van der Waals surface area (Å²) in [6, 6.07) is 2.12. The molecule has 1 N–H and O–H groups in total. The van der Waals surface area contributed by atoms with Crippen LogP contribution in [0.25, 0.3) is 0 Å². The van der Waals surface area contributed by atoms with E-state index in [-0.39, 0.29) is 0 Å². The highest BCUT2D eigenvalue weighted by atomic mass is 32.1. The predicted molar refractivity (Wildman–Crippen MR) is 62.9 cm³/mol. The van der Waals surface area contributed by atoms with E-state index in [9.17, 15) is 0 Å². The molecule has 0 radical (unpaired) electrons. The second-order valence-electron chi connectivity index (χ2n) is 3.57. The predicted octanol–water partition coefficient (Wildman–Crippen LogP) is 1.75. The normalized spacial score (nSPS) is 9.64. The van der Waals surface area contributed by atoms with Gasteiger partial charge in [0.25, 0.3) is 0 Å². The summed E-state index contributed by atoms with van der Waals surface area (Å²) in [5.74, 6) is 0.586. The number of hydrogen-bond acceptors (Lipinski definition) is 2. The Labute approximate surface area is 92.1 Å². The fourth-order valence-corrected chi connectivity index (χ4v) is 1.30. The van der Waals surface area contributed by atoms with Gasteiger partial charge < -0.3 is 10.2 Å². The van der Waals surface area contributed by atoms with E-state index < -0.39 is 0 Å². The van der Waals surface area contributed by atoms with Gasteiger partial charge in [0.05, 0.1) is 12.5 Å². The van der Waals surface area contributed by atoms with Crippen LogP contribution in [0.5, 0.6) is 0 Å². The lowest BCUT2D eigenvalue weighted by molar-refractivity contribution is 0.436. The topological polar surface area (TPSA) is 39.1 Å². The standard InChI is InChI=1S/C10H19N3S/c1-4-13(7-5-6-11)10(14)12-8-9(2)3/h9H,4-5,7-8H2,1-3H3,(H,12,14). The molecule has 0 unspecified atom stereocenters. The minimum atomic E-state index is 0.525. The van der Waals surface area contributed by atoms with E-state index in [1.54, 1.807) is 0 Å². The Kier molecular flexibility index (Phi) is 7.13. The molecule has 3 nitrogen and oxygen atoms in total. The Bertz CT molecular complexity index is 208. The van der Waals surface area contributed by atoms with Crippen LogP contribution < -0.4 is 5.32 Å². The SMILES string of the molecule is CCN(CCC#N)C(=S)NCC(C)C. The van der Waals surface area contributed by atoms with Crippen molar-refractivity contribution in [1.29, 1.82) is 5.26 Å². The van der Waals surface area contributed by atoms with Gasteiger partial charge in [0.15, 0.2) is 5.11 Å². The van der Waals surface area contributed by atoms with Gasteiger partial charge in [0.1, 0.15) is 0 Å². The lowest BCUT2D eigenvalue weighted by atomic mass is 10.2. The summed E-state index contributed by atoms with van der Waals surface area (Å²) in [4.78, 5) is 2.01. The molecule has 0 heterocycles. The second-order valence-corrected chi connectivity index (χ2v) is 3.95. The summed E-state index contributed by atoms with van der Waals surface area (Å²) in [6.45, 7) is 8.79. The van der Waals surface area contributed by atoms with Crippen LogP contribution in [0, 0.1) is 17.2 Å². The Morgan fingerprint density at radius 2 is 2.21 bits per heavy atom. The van der Waals surface area contributed by atoms with Crippen LogP contribution in [0.2, 0.25) is 0 Å². The minimum Gasteiger partial charge on any atom is -0.362 e. The lowest BCUT2D eigenvalue weighted by Crippen LogP contribution is -2.41. The van der Waals surface area contributed by atoms with Crippen molar-refractivity contribution in [3.05, 3.63) is 0 Å². The van der Waals surface area contributed by atoms with Crippen molar-refractivity contribution >= 4 is 17.3 Å². The molecule has 0 saturated heterocycles. The molecule has 0 amide bonds. The molecule has 0 atom stereocenters. The number of thiocarbonyl (C=S) groups is 1. The van der Waals surface area contributed by atoms with Gasteiger partial charge in [-0.05, 0) is 25.1 Å².